The number of hydrogen-bond acceptors (Lipinski definition) is 4. The fourth-order valence-corrected chi connectivity index (χ4v) is 4.53. The summed E-state index contributed by atoms with van der Waals surface area (Å²) in [5.41, 5.74) is 2.54. The summed E-state index contributed by atoms with van der Waals surface area (Å²) in [7, 11) is 0. The third-order valence-corrected chi connectivity index (χ3v) is 6.05. The molecule has 2 aliphatic rings. The van der Waals surface area contributed by atoms with E-state index in [4.69, 9.17) is 0 Å². The highest BCUT2D eigenvalue weighted by molar-refractivity contribution is 6.01. The fraction of sp³-hybridized carbons (Fsp3) is 0.304. The van der Waals surface area contributed by atoms with Crippen LogP contribution in [0.3, 0.4) is 0 Å². The lowest BCUT2D eigenvalue weighted by atomic mass is 9.89. The molecule has 30 heavy (non-hydrogen) atoms. The van der Waals surface area contributed by atoms with E-state index in [0.29, 0.717) is 30.7 Å². The number of benzene rings is 2. The summed E-state index contributed by atoms with van der Waals surface area (Å²) < 4.78 is 1.92. The van der Waals surface area contributed by atoms with E-state index >= 15 is 0 Å². The highest BCUT2D eigenvalue weighted by Gasteiger charge is 2.40. The third kappa shape index (κ3) is 3.36. The molecule has 2 atom stereocenters. The van der Waals surface area contributed by atoms with Crippen molar-refractivity contribution >= 4 is 17.5 Å². The highest BCUT2D eigenvalue weighted by atomic mass is 16.2. The molecule has 2 amide bonds. The smallest absolute Gasteiger partial charge is 0.293 e. The van der Waals surface area contributed by atoms with E-state index in [9.17, 15) is 9.59 Å². The first kappa shape index (κ1) is 18.5. The Balaban J connectivity index is 1.31. The molecule has 1 saturated heterocycles. The van der Waals surface area contributed by atoms with Crippen LogP contribution in [0.25, 0.3) is 0 Å². The topological polar surface area (TPSA) is 80.1 Å². The van der Waals surface area contributed by atoms with Gasteiger partial charge in [0.1, 0.15) is 5.82 Å². The fourth-order valence-electron chi connectivity index (χ4n) is 4.53. The van der Waals surface area contributed by atoms with Gasteiger partial charge in [-0.1, -0.05) is 35.9 Å². The van der Waals surface area contributed by atoms with Crippen molar-refractivity contribution in [3.05, 3.63) is 77.4 Å². The van der Waals surface area contributed by atoms with Crippen LogP contribution in [0.4, 0.5) is 5.69 Å². The molecule has 2 aliphatic heterocycles. The van der Waals surface area contributed by atoms with E-state index in [-0.39, 0.29) is 11.8 Å². The van der Waals surface area contributed by atoms with Gasteiger partial charge in [-0.3, -0.25) is 9.59 Å². The molecule has 1 fully saturated rings. The summed E-state index contributed by atoms with van der Waals surface area (Å²) in [4.78, 5) is 27.6. The maximum absolute atomic E-state index is 13.0. The number of nitrogens with zero attached hydrogens (tertiary/aromatic N) is 4. The number of nitrogens with one attached hydrogen (secondary N) is 1. The Morgan fingerprint density at radius 2 is 1.77 bits per heavy atom. The largest absolute Gasteiger partial charge is 0.338 e. The number of fused-ring (bicyclic) bond motifs is 2. The van der Waals surface area contributed by atoms with Crippen LogP contribution in [0.1, 0.15) is 32.4 Å². The summed E-state index contributed by atoms with van der Waals surface area (Å²) in [6, 6.07) is 17.1. The minimum absolute atomic E-state index is 0.0749. The first-order valence-electron chi connectivity index (χ1n) is 10.2. The van der Waals surface area contributed by atoms with Crippen LogP contribution in [0.15, 0.2) is 54.6 Å². The summed E-state index contributed by atoms with van der Waals surface area (Å²) in [5.74, 6) is 1.61. The minimum atomic E-state index is -0.260. The molecule has 1 N–H and O–H groups in total. The van der Waals surface area contributed by atoms with E-state index in [2.05, 4.69) is 15.5 Å². The quantitative estimate of drug-likeness (QED) is 0.732. The average Bonchev–Trinajstić information content (AvgIpc) is 3.35. The number of aryl methyl sites for hydroxylation is 1. The number of carbonyl (C=O) groups is 2. The molecule has 7 heteroatoms. The summed E-state index contributed by atoms with van der Waals surface area (Å²) in [6.07, 6.45) is 0.730. The van der Waals surface area contributed by atoms with Crippen LogP contribution in [0, 0.1) is 18.8 Å². The average molecular weight is 401 g/mol. The van der Waals surface area contributed by atoms with E-state index in [1.54, 1.807) is 0 Å². The lowest BCUT2D eigenvalue weighted by Crippen LogP contribution is -2.31. The molecular weight excluding hydrogens is 378 g/mol. The van der Waals surface area contributed by atoms with Crippen LogP contribution in [-0.2, 0) is 13.0 Å². The third-order valence-electron chi connectivity index (χ3n) is 6.05. The number of aromatic nitrogens is 3. The van der Waals surface area contributed by atoms with Crippen molar-refractivity contribution in [1.29, 1.82) is 0 Å². The van der Waals surface area contributed by atoms with Gasteiger partial charge < -0.3 is 14.8 Å². The van der Waals surface area contributed by atoms with E-state index in [0.717, 1.165) is 35.6 Å². The Kier molecular flexibility index (Phi) is 4.58. The molecule has 0 saturated carbocycles. The highest BCUT2D eigenvalue weighted by Crippen LogP contribution is 2.33. The lowest BCUT2D eigenvalue weighted by Gasteiger charge is -2.25. The second-order valence-corrected chi connectivity index (χ2v) is 8.17. The van der Waals surface area contributed by atoms with Crippen LogP contribution in [-0.4, -0.2) is 44.6 Å². The maximum Gasteiger partial charge on any atom is 0.293 e. The van der Waals surface area contributed by atoms with Crippen molar-refractivity contribution in [2.75, 3.05) is 18.4 Å². The zero-order valence-corrected chi connectivity index (χ0v) is 16.8. The van der Waals surface area contributed by atoms with Gasteiger partial charge in [-0.05, 0) is 43.0 Å². The summed E-state index contributed by atoms with van der Waals surface area (Å²) in [5, 5.41) is 11.3. The molecule has 5 rings (SSSR count). The number of rotatable bonds is 3. The number of para-hydroxylation sites is 1. The Hall–Kier alpha value is -3.48. The minimum Gasteiger partial charge on any atom is -0.338 e. The second kappa shape index (κ2) is 7.40. The normalized spacial score (nSPS) is 19.8. The van der Waals surface area contributed by atoms with Crippen molar-refractivity contribution in [2.45, 2.75) is 19.9 Å². The first-order valence-corrected chi connectivity index (χ1v) is 10.2. The Morgan fingerprint density at radius 3 is 2.57 bits per heavy atom. The van der Waals surface area contributed by atoms with Gasteiger partial charge in [0.05, 0.1) is 0 Å². The van der Waals surface area contributed by atoms with Crippen molar-refractivity contribution in [2.24, 2.45) is 11.8 Å². The zero-order valence-electron chi connectivity index (χ0n) is 16.8. The molecule has 152 valence electrons. The van der Waals surface area contributed by atoms with Gasteiger partial charge in [0.2, 0.25) is 5.82 Å². The van der Waals surface area contributed by atoms with Gasteiger partial charge in [-0.15, -0.1) is 10.2 Å². The van der Waals surface area contributed by atoms with Crippen molar-refractivity contribution in [1.82, 2.24) is 19.7 Å². The Morgan fingerprint density at radius 1 is 0.967 bits per heavy atom. The second-order valence-electron chi connectivity index (χ2n) is 8.17. The number of carbonyl (C=O) groups excluding carboxylic acids is 2. The van der Waals surface area contributed by atoms with Gasteiger partial charge in [-0.25, -0.2) is 0 Å². The van der Waals surface area contributed by atoms with Gasteiger partial charge in [-0.2, -0.15) is 0 Å². The standard InChI is InChI=1S/C23H23N5O2/c1-15-6-5-7-16(10-15)23(30)27-12-17-11-20-25-26-21(28(20)14-18(17)13-27)22(29)24-19-8-3-2-4-9-19/h2-10,17-18H,11-14H2,1H3,(H,24,29). The van der Waals surface area contributed by atoms with Crippen molar-refractivity contribution < 1.29 is 9.59 Å². The molecule has 3 aromatic rings. The Bertz CT molecular complexity index is 1110. The van der Waals surface area contributed by atoms with E-state index in [1.165, 1.54) is 0 Å². The molecule has 3 heterocycles. The number of amides is 2. The molecule has 0 aliphatic carbocycles. The van der Waals surface area contributed by atoms with Gasteiger partial charge in [0.15, 0.2) is 0 Å². The molecule has 0 bridgehead atoms. The number of hydrogen-bond donors (Lipinski definition) is 1. The SMILES string of the molecule is Cc1cccc(C(=O)N2CC3Cc4nnc(C(=O)Nc5ccccc5)n4CC3C2)c1. The zero-order chi connectivity index (χ0) is 20.7. The van der Waals surface area contributed by atoms with Crippen LogP contribution in [0.5, 0.6) is 0 Å². The number of likely N-dealkylation sites (tertiary alicyclic amines) is 1. The van der Waals surface area contributed by atoms with Crippen LogP contribution in [0.2, 0.25) is 0 Å². The molecule has 0 spiro atoms. The summed E-state index contributed by atoms with van der Waals surface area (Å²) in [6.45, 7) is 4.06. The van der Waals surface area contributed by atoms with Crippen molar-refractivity contribution in [3.63, 3.8) is 0 Å². The molecule has 2 aromatic carbocycles. The predicted molar refractivity (Wildman–Crippen MR) is 112 cm³/mol. The monoisotopic (exact) mass is 401 g/mol. The molecule has 7 nitrogen and oxygen atoms in total. The van der Waals surface area contributed by atoms with Gasteiger partial charge >= 0.3 is 0 Å². The Labute approximate surface area is 174 Å². The predicted octanol–water partition coefficient (Wildman–Crippen LogP) is 2.78. The van der Waals surface area contributed by atoms with Crippen molar-refractivity contribution in [3.8, 4) is 0 Å². The first-order chi connectivity index (χ1) is 14.6. The molecule has 2 unspecified atom stereocenters. The lowest BCUT2D eigenvalue weighted by molar-refractivity contribution is 0.0783. The molecule has 1 aromatic heterocycles. The van der Waals surface area contributed by atoms with Gasteiger partial charge in [0, 0.05) is 37.3 Å². The maximum atomic E-state index is 13.0. The molecular formula is C23H23N5O2. The summed E-state index contributed by atoms with van der Waals surface area (Å²) >= 11 is 0. The van der Waals surface area contributed by atoms with Crippen LogP contribution >= 0.6 is 0 Å². The molecule has 0 radical (unpaired) electrons. The van der Waals surface area contributed by atoms with E-state index < -0.39 is 0 Å². The van der Waals surface area contributed by atoms with E-state index in [1.807, 2.05) is 71.0 Å². The van der Waals surface area contributed by atoms with Gasteiger partial charge in [0.25, 0.3) is 11.8 Å². The van der Waals surface area contributed by atoms with Crippen LogP contribution < -0.4 is 5.32 Å². The number of anilines is 1.